The van der Waals surface area contributed by atoms with Crippen LogP contribution < -0.4 is 0 Å². The molecule has 13 heavy (non-hydrogen) atoms. The fourth-order valence-corrected chi connectivity index (χ4v) is 1.42. The summed E-state index contributed by atoms with van der Waals surface area (Å²) < 4.78 is 0. The number of nitro groups is 1. The molecule has 0 aromatic heterocycles. The molecule has 0 spiro atoms. The van der Waals surface area contributed by atoms with Gasteiger partial charge < -0.3 is 4.90 Å². The third-order valence-corrected chi connectivity index (χ3v) is 2.15. The molecule has 72 valence electrons. The van der Waals surface area contributed by atoms with E-state index in [1.807, 2.05) is 0 Å². The zero-order valence-electron chi connectivity index (χ0n) is 7.47. The van der Waals surface area contributed by atoms with Gasteiger partial charge in [0, 0.05) is 25.9 Å². The predicted molar refractivity (Wildman–Crippen MR) is 46.5 cm³/mol. The molecule has 1 aliphatic rings. The van der Waals surface area contributed by atoms with Gasteiger partial charge in [-0.05, 0) is 12.5 Å². The van der Waals surface area contributed by atoms with Crippen LogP contribution in [0.15, 0.2) is 12.3 Å². The standard InChI is InChI=1S/C8H12N2O3/c1-7(11)9-4-2-8(6-9)3-5-10(12)13/h3,5,8H,2,4,6H2,1H3/b5-3+. The van der Waals surface area contributed by atoms with Crippen molar-refractivity contribution in [3.8, 4) is 0 Å². The number of hydrogen-bond acceptors (Lipinski definition) is 3. The third-order valence-electron chi connectivity index (χ3n) is 2.15. The van der Waals surface area contributed by atoms with Gasteiger partial charge in [-0.1, -0.05) is 0 Å². The Labute approximate surface area is 76.2 Å². The molecule has 5 heteroatoms. The van der Waals surface area contributed by atoms with Crippen LogP contribution in [0, 0.1) is 16.0 Å². The van der Waals surface area contributed by atoms with Crippen LogP contribution in [0.2, 0.25) is 0 Å². The van der Waals surface area contributed by atoms with Crippen LogP contribution in [-0.2, 0) is 4.79 Å². The van der Waals surface area contributed by atoms with Gasteiger partial charge >= 0.3 is 0 Å². The van der Waals surface area contributed by atoms with Gasteiger partial charge in [0.1, 0.15) is 0 Å². The van der Waals surface area contributed by atoms with Gasteiger partial charge in [-0.15, -0.1) is 0 Å². The number of rotatable bonds is 2. The van der Waals surface area contributed by atoms with E-state index in [1.165, 1.54) is 6.92 Å². The molecular formula is C8H12N2O3. The number of hydrogen-bond donors (Lipinski definition) is 0. The highest BCUT2D eigenvalue weighted by atomic mass is 16.6. The fraction of sp³-hybridized carbons (Fsp3) is 0.625. The summed E-state index contributed by atoms with van der Waals surface area (Å²) in [6, 6.07) is 0. The average Bonchev–Trinajstić information content (AvgIpc) is 2.48. The second-order valence-corrected chi connectivity index (χ2v) is 3.14. The van der Waals surface area contributed by atoms with Crippen molar-refractivity contribution < 1.29 is 9.72 Å². The zero-order valence-corrected chi connectivity index (χ0v) is 7.47. The van der Waals surface area contributed by atoms with Crippen molar-refractivity contribution in [3.63, 3.8) is 0 Å². The second kappa shape index (κ2) is 4.02. The molecule has 1 fully saturated rings. The van der Waals surface area contributed by atoms with E-state index >= 15 is 0 Å². The van der Waals surface area contributed by atoms with E-state index in [0.29, 0.717) is 13.1 Å². The molecule has 1 saturated heterocycles. The Kier molecular flexibility index (Phi) is 3.00. The van der Waals surface area contributed by atoms with Gasteiger partial charge in [0.25, 0.3) is 0 Å². The van der Waals surface area contributed by atoms with Crippen LogP contribution in [0.25, 0.3) is 0 Å². The van der Waals surface area contributed by atoms with Gasteiger partial charge in [-0.2, -0.15) is 0 Å². The van der Waals surface area contributed by atoms with Crippen LogP contribution in [0.5, 0.6) is 0 Å². The van der Waals surface area contributed by atoms with Crippen molar-refractivity contribution >= 4 is 5.91 Å². The number of likely N-dealkylation sites (tertiary alicyclic amines) is 1. The van der Waals surface area contributed by atoms with E-state index in [4.69, 9.17) is 0 Å². The maximum atomic E-state index is 10.9. The molecule has 1 aliphatic heterocycles. The van der Waals surface area contributed by atoms with Crippen LogP contribution in [0.3, 0.4) is 0 Å². The first-order valence-electron chi connectivity index (χ1n) is 4.17. The summed E-state index contributed by atoms with van der Waals surface area (Å²) in [4.78, 5) is 22.1. The Morgan fingerprint density at radius 2 is 2.38 bits per heavy atom. The summed E-state index contributed by atoms with van der Waals surface area (Å²) >= 11 is 0. The summed E-state index contributed by atoms with van der Waals surface area (Å²) in [5, 5.41) is 10.0. The zero-order chi connectivity index (χ0) is 9.84. The van der Waals surface area contributed by atoms with Crippen molar-refractivity contribution in [2.24, 2.45) is 5.92 Å². The Morgan fingerprint density at radius 1 is 1.69 bits per heavy atom. The molecule has 0 aromatic rings. The van der Waals surface area contributed by atoms with Crippen molar-refractivity contribution in [2.45, 2.75) is 13.3 Å². The molecule has 0 aromatic carbocycles. The Hall–Kier alpha value is -1.39. The van der Waals surface area contributed by atoms with Crippen LogP contribution in [0.1, 0.15) is 13.3 Å². The molecule has 1 atom stereocenters. The number of nitrogens with zero attached hydrogens (tertiary/aromatic N) is 2. The molecule has 1 rings (SSSR count). The van der Waals surface area contributed by atoms with E-state index < -0.39 is 4.92 Å². The first-order valence-corrected chi connectivity index (χ1v) is 4.17. The third kappa shape index (κ3) is 2.85. The second-order valence-electron chi connectivity index (χ2n) is 3.14. The first-order chi connectivity index (χ1) is 6.09. The fourth-order valence-electron chi connectivity index (χ4n) is 1.42. The first kappa shape index (κ1) is 9.70. The van der Waals surface area contributed by atoms with Gasteiger partial charge in [0.15, 0.2) is 0 Å². The van der Waals surface area contributed by atoms with Crippen molar-refractivity contribution in [3.05, 3.63) is 22.4 Å². The minimum atomic E-state index is -0.476. The molecule has 0 radical (unpaired) electrons. The lowest BCUT2D eigenvalue weighted by molar-refractivity contribution is -0.402. The van der Waals surface area contributed by atoms with Gasteiger partial charge in [0.2, 0.25) is 12.1 Å². The monoisotopic (exact) mass is 184 g/mol. The lowest BCUT2D eigenvalue weighted by Gasteiger charge is -2.11. The Balaban J connectivity index is 2.41. The van der Waals surface area contributed by atoms with Crippen LogP contribution in [0.4, 0.5) is 0 Å². The Morgan fingerprint density at radius 3 is 2.85 bits per heavy atom. The largest absolute Gasteiger partial charge is 0.342 e. The number of amides is 1. The Bertz CT molecular complexity index is 250. The van der Waals surface area contributed by atoms with E-state index in [-0.39, 0.29) is 11.8 Å². The van der Waals surface area contributed by atoms with Gasteiger partial charge in [-0.25, -0.2) is 0 Å². The summed E-state index contributed by atoms with van der Waals surface area (Å²) in [6.07, 6.45) is 3.33. The smallest absolute Gasteiger partial charge is 0.230 e. The number of carbonyl (C=O) groups is 1. The maximum Gasteiger partial charge on any atom is 0.230 e. The average molecular weight is 184 g/mol. The molecule has 5 nitrogen and oxygen atoms in total. The van der Waals surface area contributed by atoms with Crippen molar-refractivity contribution in [1.82, 2.24) is 4.90 Å². The minimum Gasteiger partial charge on any atom is -0.342 e. The lowest BCUT2D eigenvalue weighted by atomic mass is 10.1. The maximum absolute atomic E-state index is 10.9. The molecule has 0 bridgehead atoms. The molecule has 1 amide bonds. The van der Waals surface area contributed by atoms with E-state index in [9.17, 15) is 14.9 Å². The molecule has 0 saturated carbocycles. The molecule has 1 unspecified atom stereocenters. The molecule has 0 N–H and O–H groups in total. The minimum absolute atomic E-state index is 0.0389. The van der Waals surface area contributed by atoms with E-state index in [0.717, 1.165) is 12.6 Å². The van der Waals surface area contributed by atoms with E-state index in [1.54, 1.807) is 11.0 Å². The molecule has 1 heterocycles. The van der Waals surface area contributed by atoms with Crippen LogP contribution >= 0.6 is 0 Å². The number of carbonyl (C=O) groups excluding carboxylic acids is 1. The summed E-state index contributed by atoms with van der Waals surface area (Å²) in [5.41, 5.74) is 0. The lowest BCUT2D eigenvalue weighted by Crippen LogP contribution is -2.25. The van der Waals surface area contributed by atoms with Crippen molar-refractivity contribution in [2.75, 3.05) is 13.1 Å². The molecule has 0 aliphatic carbocycles. The summed E-state index contributed by atoms with van der Waals surface area (Å²) in [5.74, 6) is 0.186. The highest BCUT2D eigenvalue weighted by Gasteiger charge is 2.22. The van der Waals surface area contributed by atoms with Gasteiger partial charge in [-0.3, -0.25) is 14.9 Å². The van der Waals surface area contributed by atoms with Gasteiger partial charge in [0.05, 0.1) is 4.92 Å². The highest BCUT2D eigenvalue weighted by molar-refractivity contribution is 5.73. The van der Waals surface area contributed by atoms with Crippen LogP contribution in [-0.4, -0.2) is 28.8 Å². The topological polar surface area (TPSA) is 63.5 Å². The normalized spacial score (nSPS) is 22.5. The summed E-state index contributed by atoms with van der Waals surface area (Å²) in [7, 11) is 0. The molecular weight excluding hydrogens is 172 g/mol. The van der Waals surface area contributed by atoms with Crippen molar-refractivity contribution in [1.29, 1.82) is 0 Å². The SMILES string of the molecule is CC(=O)N1CCC(/C=C/[N+](=O)[O-])C1. The quantitative estimate of drug-likeness (QED) is 0.467. The summed E-state index contributed by atoms with van der Waals surface area (Å²) in [6.45, 7) is 2.83. The van der Waals surface area contributed by atoms with E-state index in [2.05, 4.69) is 0 Å². The predicted octanol–water partition coefficient (Wildman–Crippen LogP) is 0.645. The highest BCUT2D eigenvalue weighted by Crippen LogP contribution is 2.17.